The Morgan fingerprint density at radius 1 is 1.38 bits per heavy atom. The summed E-state index contributed by atoms with van der Waals surface area (Å²) in [5.74, 6) is -1.18. The van der Waals surface area contributed by atoms with Crippen LogP contribution in [0.15, 0.2) is 17.1 Å². The van der Waals surface area contributed by atoms with Gasteiger partial charge in [0.1, 0.15) is 5.56 Å². The Morgan fingerprint density at radius 2 is 2.08 bits per heavy atom. The number of aromatic carboxylic acids is 1. The van der Waals surface area contributed by atoms with Crippen molar-refractivity contribution < 1.29 is 14.6 Å². The number of carboxylic acids is 1. The van der Waals surface area contributed by atoms with Gasteiger partial charge in [-0.3, -0.25) is 14.7 Å². The molecule has 0 aliphatic carbocycles. The molecule has 128 valence electrons. The van der Waals surface area contributed by atoms with Crippen LogP contribution in [0.2, 0.25) is 0 Å². The van der Waals surface area contributed by atoms with Crippen molar-refractivity contribution in [1.29, 1.82) is 0 Å². The van der Waals surface area contributed by atoms with Crippen LogP contribution in [0.3, 0.4) is 0 Å². The van der Waals surface area contributed by atoms with Crippen LogP contribution < -0.4 is 5.43 Å². The SMILES string of the molecule is CCc1c(C(=O)O)c(=O)c2cc(CN3CCOCC3)ncc2n1C. The topological polar surface area (TPSA) is 84.7 Å². The molecule has 2 aromatic rings. The van der Waals surface area contributed by atoms with E-state index in [1.165, 1.54) is 0 Å². The van der Waals surface area contributed by atoms with Crippen LogP contribution in [0.1, 0.15) is 28.7 Å². The second kappa shape index (κ2) is 6.70. The molecular weight excluding hydrogens is 310 g/mol. The molecule has 0 spiro atoms. The smallest absolute Gasteiger partial charge is 0.341 e. The fourth-order valence-electron chi connectivity index (χ4n) is 3.23. The number of carbonyl (C=O) groups is 1. The molecule has 3 rings (SSSR count). The van der Waals surface area contributed by atoms with Crippen LogP contribution in [-0.2, 0) is 24.8 Å². The summed E-state index contributed by atoms with van der Waals surface area (Å²) in [7, 11) is 1.77. The molecule has 0 amide bonds. The summed E-state index contributed by atoms with van der Waals surface area (Å²) in [6, 6.07) is 1.72. The summed E-state index contributed by atoms with van der Waals surface area (Å²) >= 11 is 0. The molecule has 2 aromatic heterocycles. The number of nitrogens with zero attached hydrogens (tertiary/aromatic N) is 3. The van der Waals surface area contributed by atoms with Gasteiger partial charge in [-0.1, -0.05) is 6.92 Å². The lowest BCUT2D eigenvalue weighted by Crippen LogP contribution is -2.35. The van der Waals surface area contributed by atoms with Gasteiger partial charge in [-0.05, 0) is 12.5 Å². The quantitative estimate of drug-likeness (QED) is 0.901. The highest BCUT2D eigenvalue weighted by atomic mass is 16.5. The highest BCUT2D eigenvalue weighted by molar-refractivity contribution is 5.94. The molecule has 7 nitrogen and oxygen atoms in total. The van der Waals surface area contributed by atoms with E-state index < -0.39 is 11.4 Å². The van der Waals surface area contributed by atoms with E-state index in [1.807, 2.05) is 6.92 Å². The zero-order valence-electron chi connectivity index (χ0n) is 13.9. The molecule has 0 saturated carbocycles. The van der Waals surface area contributed by atoms with E-state index in [0.29, 0.717) is 42.8 Å². The minimum Gasteiger partial charge on any atom is -0.477 e. The van der Waals surface area contributed by atoms with E-state index in [0.717, 1.165) is 18.8 Å². The summed E-state index contributed by atoms with van der Waals surface area (Å²) in [6.07, 6.45) is 2.14. The fraction of sp³-hybridized carbons (Fsp3) is 0.471. The maximum atomic E-state index is 12.7. The number of carboxylic acid groups (broad SMARTS) is 1. The second-order valence-electron chi connectivity index (χ2n) is 5.95. The van der Waals surface area contributed by atoms with Crippen LogP contribution in [0, 0.1) is 0 Å². The van der Waals surface area contributed by atoms with Gasteiger partial charge in [-0.25, -0.2) is 4.79 Å². The lowest BCUT2D eigenvalue weighted by Gasteiger charge is -2.26. The van der Waals surface area contributed by atoms with Gasteiger partial charge in [0.2, 0.25) is 5.43 Å². The van der Waals surface area contributed by atoms with Gasteiger partial charge >= 0.3 is 5.97 Å². The van der Waals surface area contributed by atoms with Gasteiger partial charge in [0, 0.05) is 37.8 Å². The van der Waals surface area contributed by atoms with Crippen LogP contribution in [0.5, 0.6) is 0 Å². The summed E-state index contributed by atoms with van der Waals surface area (Å²) < 4.78 is 7.09. The van der Waals surface area contributed by atoms with Crippen molar-refractivity contribution in [3.05, 3.63) is 39.4 Å². The van der Waals surface area contributed by atoms with Crippen LogP contribution in [0.25, 0.3) is 10.9 Å². The van der Waals surface area contributed by atoms with Crippen molar-refractivity contribution in [3.8, 4) is 0 Å². The molecule has 0 bridgehead atoms. The number of hydrogen-bond acceptors (Lipinski definition) is 5. The molecule has 1 N–H and O–H groups in total. The van der Waals surface area contributed by atoms with Gasteiger partial charge in [-0.2, -0.15) is 0 Å². The van der Waals surface area contributed by atoms with Crippen molar-refractivity contribution in [2.45, 2.75) is 19.9 Å². The third-order valence-corrected chi connectivity index (χ3v) is 4.50. The van der Waals surface area contributed by atoms with Crippen LogP contribution >= 0.6 is 0 Å². The second-order valence-corrected chi connectivity index (χ2v) is 5.95. The van der Waals surface area contributed by atoms with Gasteiger partial charge in [0.15, 0.2) is 0 Å². The van der Waals surface area contributed by atoms with E-state index in [9.17, 15) is 14.7 Å². The highest BCUT2D eigenvalue weighted by Gasteiger charge is 2.20. The highest BCUT2D eigenvalue weighted by Crippen LogP contribution is 2.17. The Kier molecular flexibility index (Phi) is 4.64. The monoisotopic (exact) mass is 331 g/mol. The molecule has 7 heteroatoms. The average Bonchev–Trinajstić information content (AvgIpc) is 2.58. The molecule has 24 heavy (non-hydrogen) atoms. The number of ether oxygens (including phenoxy) is 1. The van der Waals surface area contributed by atoms with Crippen LogP contribution in [0.4, 0.5) is 0 Å². The average molecular weight is 331 g/mol. The Balaban J connectivity index is 2.10. The zero-order valence-corrected chi connectivity index (χ0v) is 13.9. The Labute approximate surface area is 139 Å². The first-order chi connectivity index (χ1) is 11.5. The number of fused-ring (bicyclic) bond motifs is 1. The van der Waals surface area contributed by atoms with E-state index in [4.69, 9.17) is 4.74 Å². The predicted octanol–water partition coefficient (Wildman–Crippen LogP) is 1.03. The summed E-state index contributed by atoms with van der Waals surface area (Å²) in [5.41, 5.74) is 1.37. The van der Waals surface area contributed by atoms with Crippen LogP contribution in [-0.4, -0.2) is 51.8 Å². The standard InChI is InChI=1S/C17H21N3O4/c1-3-13-15(17(22)23)16(21)12-8-11(18-9-14(12)19(13)2)10-20-4-6-24-7-5-20/h8-9H,3-7,10H2,1-2H3,(H,22,23). The lowest BCUT2D eigenvalue weighted by atomic mass is 10.1. The van der Waals surface area contributed by atoms with Crippen molar-refractivity contribution in [1.82, 2.24) is 14.5 Å². The maximum absolute atomic E-state index is 12.7. The molecule has 3 heterocycles. The lowest BCUT2D eigenvalue weighted by molar-refractivity contribution is 0.0336. The van der Waals surface area contributed by atoms with Gasteiger partial charge < -0.3 is 14.4 Å². The summed E-state index contributed by atoms with van der Waals surface area (Å²) in [4.78, 5) is 30.9. The number of pyridine rings is 2. The largest absolute Gasteiger partial charge is 0.477 e. The van der Waals surface area contributed by atoms with E-state index in [2.05, 4.69) is 9.88 Å². The van der Waals surface area contributed by atoms with Gasteiger partial charge in [0.25, 0.3) is 0 Å². The van der Waals surface area contributed by atoms with Crippen molar-refractivity contribution >= 4 is 16.9 Å². The molecule has 0 aromatic carbocycles. The Bertz CT molecular complexity index is 838. The molecule has 0 radical (unpaired) electrons. The third-order valence-electron chi connectivity index (χ3n) is 4.50. The first-order valence-electron chi connectivity index (χ1n) is 8.06. The number of rotatable bonds is 4. The minimum absolute atomic E-state index is 0.143. The van der Waals surface area contributed by atoms with Crippen molar-refractivity contribution in [2.75, 3.05) is 26.3 Å². The third kappa shape index (κ3) is 2.92. The molecule has 1 aliphatic rings. The van der Waals surface area contributed by atoms with E-state index in [-0.39, 0.29) is 5.56 Å². The number of aromatic nitrogens is 2. The number of aryl methyl sites for hydroxylation is 1. The molecular formula is C17H21N3O4. The Morgan fingerprint density at radius 3 is 2.71 bits per heavy atom. The number of hydrogen-bond donors (Lipinski definition) is 1. The Hall–Kier alpha value is -2.25. The van der Waals surface area contributed by atoms with Gasteiger partial charge in [-0.15, -0.1) is 0 Å². The molecule has 1 aliphatic heterocycles. The van der Waals surface area contributed by atoms with E-state index >= 15 is 0 Å². The first-order valence-corrected chi connectivity index (χ1v) is 8.06. The summed E-state index contributed by atoms with van der Waals surface area (Å²) in [5, 5.41) is 9.85. The van der Waals surface area contributed by atoms with Gasteiger partial charge in [0.05, 0.1) is 30.6 Å². The van der Waals surface area contributed by atoms with Crippen molar-refractivity contribution in [3.63, 3.8) is 0 Å². The normalized spacial score (nSPS) is 15.8. The molecule has 0 unspecified atom stereocenters. The molecule has 1 fully saturated rings. The van der Waals surface area contributed by atoms with Crippen molar-refractivity contribution in [2.24, 2.45) is 7.05 Å². The molecule has 0 atom stereocenters. The van der Waals surface area contributed by atoms with E-state index in [1.54, 1.807) is 23.9 Å². The first kappa shape index (κ1) is 16.6. The molecule has 1 saturated heterocycles. The number of morpholine rings is 1. The minimum atomic E-state index is -1.18. The fourth-order valence-corrected chi connectivity index (χ4v) is 3.23. The maximum Gasteiger partial charge on any atom is 0.341 e. The predicted molar refractivity (Wildman–Crippen MR) is 89.4 cm³/mol. The summed E-state index contributed by atoms with van der Waals surface area (Å²) in [6.45, 7) is 5.50. The zero-order chi connectivity index (χ0) is 17.3.